The van der Waals surface area contributed by atoms with Gasteiger partial charge in [-0.25, -0.2) is 9.18 Å². The molecule has 0 aliphatic heterocycles. The zero-order valence-electron chi connectivity index (χ0n) is 18.5. The van der Waals surface area contributed by atoms with Gasteiger partial charge in [0, 0.05) is 18.2 Å². The Bertz CT molecular complexity index is 1150. The molecule has 0 aliphatic rings. The van der Waals surface area contributed by atoms with Gasteiger partial charge in [0.2, 0.25) is 0 Å². The fourth-order valence-corrected chi connectivity index (χ4v) is 3.34. The first kappa shape index (κ1) is 24.8. The Labute approximate surface area is 194 Å². The fourth-order valence-electron chi connectivity index (χ4n) is 3.34. The molecule has 1 heterocycles. The van der Waals surface area contributed by atoms with E-state index in [1.165, 1.54) is 20.2 Å². The highest BCUT2D eigenvalue weighted by Gasteiger charge is 2.33. The minimum atomic E-state index is -4.81. The molecule has 0 radical (unpaired) electrons. The predicted molar refractivity (Wildman–Crippen MR) is 119 cm³/mol. The Morgan fingerprint density at radius 3 is 2.38 bits per heavy atom. The molecule has 0 saturated heterocycles. The average Bonchev–Trinajstić information content (AvgIpc) is 2.79. The van der Waals surface area contributed by atoms with E-state index in [1.807, 2.05) is 0 Å². The molecule has 5 nitrogen and oxygen atoms in total. The van der Waals surface area contributed by atoms with Crippen LogP contribution in [0.4, 0.5) is 28.0 Å². The zero-order chi connectivity index (χ0) is 24.9. The van der Waals surface area contributed by atoms with Crippen LogP contribution in [0, 0.1) is 5.82 Å². The maximum Gasteiger partial charge on any atom is 0.419 e. The van der Waals surface area contributed by atoms with Crippen LogP contribution in [0.1, 0.15) is 29.7 Å². The largest absolute Gasteiger partial charge is 0.495 e. The molecule has 9 heteroatoms. The molecule has 3 rings (SSSR count). The molecule has 1 aromatic heterocycles. The predicted octanol–water partition coefficient (Wildman–Crippen LogP) is 6.56. The highest BCUT2D eigenvalue weighted by atomic mass is 19.4. The molecule has 1 atom stereocenters. The van der Waals surface area contributed by atoms with Crippen LogP contribution in [-0.4, -0.2) is 24.7 Å². The number of ether oxygens (including phenoxy) is 2. The quantitative estimate of drug-likeness (QED) is 0.288. The molecule has 0 fully saturated rings. The second kappa shape index (κ2) is 10.4. The Morgan fingerprint density at radius 1 is 1.12 bits per heavy atom. The summed E-state index contributed by atoms with van der Waals surface area (Å²) in [5.41, 5.74) is -0.282. The first-order chi connectivity index (χ1) is 16.1. The molecule has 0 spiro atoms. The Kier molecular flexibility index (Phi) is 7.55. The van der Waals surface area contributed by atoms with Crippen LogP contribution < -0.4 is 9.64 Å². The van der Waals surface area contributed by atoms with Crippen molar-refractivity contribution in [3.63, 3.8) is 0 Å². The number of pyridine rings is 1. The van der Waals surface area contributed by atoms with Crippen LogP contribution >= 0.6 is 0 Å². The van der Waals surface area contributed by atoms with E-state index in [-0.39, 0.29) is 18.0 Å². The summed E-state index contributed by atoms with van der Waals surface area (Å²) in [6.45, 7) is 4.74. The van der Waals surface area contributed by atoms with Gasteiger partial charge < -0.3 is 9.47 Å². The number of allylic oxidation sites excluding steroid dienone is 1. The molecule has 1 amide bonds. The smallest absolute Gasteiger partial charge is 0.419 e. The van der Waals surface area contributed by atoms with Gasteiger partial charge in [-0.2, -0.15) is 13.2 Å². The maximum atomic E-state index is 14.2. The van der Waals surface area contributed by atoms with Crippen molar-refractivity contribution in [2.75, 3.05) is 18.6 Å². The summed E-state index contributed by atoms with van der Waals surface area (Å²) < 4.78 is 64.5. The summed E-state index contributed by atoms with van der Waals surface area (Å²) in [7, 11) is 1.49. The van der Waals surface area contributed by atoms with Gasteiger partial charge in [-0.1, -0.05) is 36.9 Å². The summed E-state index contributed by atoms with van der Waals surface area (Å²) in [5, 5.41) is 0. The lowest BCUT2D eigenvalue weighted by Crippen LogP contribution is -2.36. The molecular weight excluding hydrogens is 452 g/mol. The zero-order valence-corrected chi connectivity index (χ0v) is 18.5. The van der Waals surface area contributed by atoms with Crippen molar-refractivity contribution >= 4 is 11.8 Å². The Balaban J connectivity index is 2.11. The van der Waals surface area contributed by atoms with Gasteiger partial charge in [0.15, 0.2) is 0 Å². The van der Waals surface area contributed by atoms with E-state index in [2.05, 4.69) is 11.6 Å². The average molecular weight is 474 g/mol. The van der Waals surface area contributed by atoms with E-state index in [4.69, 9.17) is 9.47 Å². The van der Waals surface area contributed by atoms with Crippen molar-refractivity contribution < 1.29 is 31.8 Å². The number of carbonyl (C=O) groups is 1. The van der Waals surface area contributed by atoms with E-state index in [9.17, 15) is 22.4 Å². The van der Waals surface area contributed by atoms with Gasteiger partial charge in [0.05, 0.1) is 30.3 Å². The van der Waals surface area contributed by atoms with Crippen LogP contribution in [0.25, 0.3) is 0 Å². The minimum absolute atomic E-state index is 0.0290. The summed E-state index contributed by atoms with van der Waals surface area (Å²) >= 11 is 0. The molecule has 0 saturated carbocycles. The number of methoxy groups -OCH3 is 1. The van der Waals surface area contributed by atoms with Gasteiger partial charge in [-0.05, 0) is 42.8 Å². The van der Waals surface area contributed by atoms with E-state index < -0.39 is 29.6 Å². The number of anilines is 1. The van der Waals surface area contributed by atoms with Crippen molar-refractivity contribution in [2.24, 2.45) is 0 Å². The number of halogens is 4. The molecule has 0 aliphatic carbocycles. The Hall–Kier alpha value is -3.88. The summed E-state index contributed by atoms with van der Waals surface area (Å²) in [4.78, 5) is 18.3. The van der Waals surface area contributed by atoms with Crippen LogP contribution in [0.3, 0.4) is 0 Å². The molecule has 0 bridgehead atoms. The van der Waals surface area contributed by atoms with Crippen molar-refractivity contribution in [1.29, 1.82) is 0 Å². The van der Waals surface area contributed by atoms with Crippen LogP contribution in [-0.2, 0) is 10.9 Å². The summed E-state index contributed by atoms with van der Waals surface area (Å²) in [5.74, 6) is -1.19. The first-order valence-electron chi connectivity index (χ1n) is 10.2. The third kappa shape index (κ3) is 6.12. The highest BCUT2D eigenvalue weighted by Crippen LogP contribution is 2.34. The molecular formula is C25H22F4N2O3. The van der Waals surface area contributed by atoms with Crippen molar-refractivity contribution in [2.45, 2.75) is 19.0 Å². The number of amides is 1. The number of hydrogen-bond acceptors (Lipinski definition) is 4. The normalized spacial score (nSPS) is 12.1. The summed E-state index contributed by atoms with van der Waals surface area (Å²) in [6, 6.07) is 14.2. The minimum Gasteiger partial charge on any atom is -0.495 e. The van der Waals surface area contributed by atoms with Crippen molar-refractivity contribution in [3.8, 4) is 5.75 Å². The second-order valence-electron chi connectivity index (χ2n) is 7.46. The SMILES string of the molecule is C=C(C)OC(=O)N(CC(c1ccccc1)c1ccc(OC)cn1)c1cc(F)cc(C(F)(F)F)c1. The van der Waals surface area contributed by atoms with E-state index >= 15 is 0 Å². The molecule has 1 unspecified atom stereocenters. The van der Waals surface area contributed by atoms with Gasteiger partial charge in [-0.3, -0.25) is 9.88 Å². The lowest BCUT2D eigenvalue weighted by molar-refractivity contribution is -0.137. The standard InChI is InChI=1S/C25H22F4N2O3/c1-16(2)34-24(32)31(20-12-18(25(27,28)29)11-19(26)13-20)15-22(17-7-5-4-6-8-17)23-10-9-21(33-3)14-30-23/h4-14,22H,1,15H2,2-3H3. The number of rotatable bonds is 7. The molecule has 3 aromatic rings. The third-order valence-electron chi connectivity index (χ3n) is 4.92. The van der Waals surface area contributed by atoms with Crippen LogP contribution in [0.5, 0.6) is 5.75 Å². The number of nitrogens with zero attached hydrogens (tertiary/aromatic N) is 2. The lowest BCUT2D eigenvalue weighted by atomic mass is 9.94. The monoisotopic (exact) mass is 474 g/mol. The molecule has 34 heavy (non-hydrogen) atoms. The van der Waals surface area contributed by atoms with Gasteiger partial charge in [-0.15, -0.1) is 0 Å². The van der Waals surface area contributed by atoms with E-state index in [0.717, 1.165) is 16.5 Å². The fraction of sp³-hybridized carbons (Fsp3) is 0.200. The summed E-state index contributed by atoms with van der Waals surface area (Å²) in [6.07, 6.45) is -4.32. The van der Waals surface area contributed by atoms with E-state index in [1.54, 1.807) is 42.5 Å². The lowest BCUT2D eigenvalue weighted by Gasteiger charge is -2.28. The maximum absolute atomic E-state index is 14.2. The van der Waals surface area contributed by atoms with Crippen molar-refractivity contribution in [3.05, 3.63) is 102 Å². The van der Waals surface area contributed by atoms with Crippen molar-refractivity contribution in [1.82, 2.24) is 4.98 Å². The topological polar surface area (TPSA) is 51.7 Å². The molecule has 178 valence electrons. The second-order valence-corrected chi connectivity index (χ2v) is 7.46. The van der Waals surface area contributed by atoms with Crippen LogP contribution in [0.2, 0.25) is 0 Å². The van der Waals surface area contributed by atoms with Gasteiger partial charge in [0.1, 0.15) is 11.6 Å². The van der Waals surface area contributed by atoms with Gasteiger partial charge in [0.25, 0.3) is 0 Å². The number of aromatic nitrogens is 1. The number of carbonyl (C=O) groups excluding carboxylic acids is 1. The van der Waals surface area contributed by atoms with Gasteiger partial charge >= 0.3 is 12.3 Å². The number of hydrogen-bond donors (Lipinski definition) is 0. The van der Waals surface area contributed by atoms with E-state index in [0.29, 0.717) is 23.6 Å². The number of alkyl halides is 3. The highest BCUT2D eigenvalue weighted by molar-refractivity contribution is 5.88. The van der Waals surface area contributed by atoms with Crippen LogP contribution in [0.15, 0.2) is 79.2 Å². The molecule has 0 N–H and O–H groups in total. The Morgan fingerprint density at radius 2 is 1.82 bits per heavy atom. The molecule has 2 aromatic carbocycles. The first-order valence-corrected chi connectivity index (χ1v) is 10.2. The third-order valence-corrected chi connectivity index (χ3v) is 4.92. The number of benzene rings is 2.